The highest BCUT2D eigenvalue weighted by molar-refractivity contribution is 7.79. The zero-order chi connectivity index (χ0) is 43.8. The minimum atomic E-state index is -4.34. The highest BCUT2D eigenvalue weighted by Crippen LogP contribution is 2.80. The molecule has 0 aromatic heterocycles. The van der Waals surface area contributed by atoms with Gasteiger partial charge in [0, 0.05) is 0 Å². The van der Waals surface area contributed by atoms with Crippen LogP contribution in [-0.4, -0.2) is 13.2 Å². The zero-order valence-electron chi connectivity index (χ0n) is 36.1. The van der Waals surface area contributed by atoms with Gasteiger partial charge in [-0.25, -0.2) is 0 Å². The Hall–Kier alpha value is -5.04. The van der Waals surface area contributed by atoms with Gasteiger partial charge < -0.3 is 36.2 Å². The summed E-state index contributed by atoms with van der Waals surface area (Å²) in [5.41, 5.74) is 4.78. The lowest BCUT2D eigenvalue weighted by atomic mass is 10.2. The van der Waals surface area contributed by atoms with E-state index in [1.54, 1.807) is 0 Å². The molecule has 1 aliphatic rings. The smallest absolute Gasteiger partial charge is 0.413 e. The molecular weight excluding hydrogens is 860 g/mol. The van der Waals surface area contributed by atoms with E-state index in [4.69, 9.17) is 54.3 Å². The first-order valence-corrected chi connectivity index (χ1v) is 26.4. The maximum atomic E-state index is 7.24. The first kappa shape index (κ1) is 45.0. The van der Waals surface area contributed by atoms with E-state index in [0.29, 0.717) is 34.5 Å². The van der Waals surface area contributed by atoms with E-state index >= 15 is 0 Å². The van der Waals surface area contributed by atoms with E-state index in [1.807, 2.05) is 201 Å². The molecule has 16 heteroatoms. The predicted molar refractivity (Wildman–Crippen MR) is 251 cm³/mol. The molecule has 0 unspecified atom stereocenters. The van der Waals surface area contributed by atoms with Crippen LogP contribution in [0.15, 0.2) is 164 Å². The Labute approximate surface area is 365 Å². The Morgan fingerprint density at radius 3 is 0.661 bits per heavy atom. The van der Waals surface area contributed by atoms with Gasteiger partial charge in [0.05, 0.1) is 13.2 Å². The number of hydrogen-bond acceptors (Lipinski definition) is 12. The molecule has 1 heterocycles. The molecule has 62 heavy (non-hydrogen) atoms. The average Bonchev–Trinajstić information content (AvgIpc) is 3.23. The summed E-state index contributed by atoms with van der Waals surface area (Å²) in [6.45, 7) is 15.6. The molecule has 0 fully saturated rings. The van der Waals surface area contributed by atoms with Gasteiger partial charge in [-0.2, -0.15) is 0 Å². The van der Waals surface area contributed by atoms with Gasteiger partial charge in [-0.3, -0.25) is 0 Å². The van der Waals surface area contributed by atoms with Crippen molar-refractivity contribution < 1.29 is 36.2 Å². The summed E-state index contributed by atoms with van der Waals surface area (Å²) >= 11 is 0. The summed E-state index contributed by atoms with van der Waals surface area (Å²) in [7, 11) is -16.8. The van der Waals surface area contributed by atoms with Gasteiger partial charge in [0.2, 0.25) is 0 Å². The molecule has 7 rings (SSSR count). The number of aryl methyl sites for hydroxylation is 6. The summed E-state index contributed by atoms with van der Waals surface area (Å²) in [4.78, 5) is 0. The van der Waals surface area contributed by atoms with Crippen LogP contribution in [0, 0.1) is 41.5 Å². The molecule has 0 spiro atoms. The minimum absolute atomic E-state index is 0.129. The van der Waals surface area contributed by atoms with Crippen molar-refractivity contribution >= 4 is 30.6 Å². The van der Waals surface area contributed by atoms with Crippen molar-refractivity contribution in [2.24, 2.45) is 18.1 Å². The van der Waals surface area contributed by atoms with Crippen molar-refractivity contribution in [3.8, 4) is 34.5 Å². The Balaban J connectivity index is 1.73. The molecule has 0 saturated heterocycles. The fourth-order valence-corrected chi connectivity index (χ4v) is 18.8. The normalized spacial score (nSPS) is 15.7. The van der Waals surface area contributed by atoms with E-state index in [0.717, 1.165) is 33.4 Å². The standard InChI is InChI=1S/C46H52N4O8P4/c1-9-51-59(52-10-2)47-60(53-41-29-17-11-23-35(41)3,54-42-30-18-12-24-36(42)4)49-62(57-45-33-21-15-27-39(45)7,58-46-34-22-16-28-40(46)8)50-61(48-59,55-43-31-19-13-25-37(43)5)56-44-32-20-14-26-38(44)6/h11-34H,9-10H2,1-8H3. The molecule has 0 N–H and O–H groups in total. The van der Waals surface area contributed by atoms with Crippen LogP contribution in [0.4, 0.5) is 0 Å². The van der Waals surface area contributed by atoms with E-state index < -0.39 is 30.6 Å². The topological polar surface area (TPSA) is 123 Å². The molecule has 0 radical (unpaired) electrons. The molecule has 0 aliphatic carbocycles. The quantitative estimate of drug-likeness (QED) is 0.0880. The van der Waals surface area contributed by atoms with Crippen molar-refractivity contribution in [3.63, 3.8) is 0 Å². The minimum Gasteiger partial charge on any atom is -0.413 e. The fourth-order valence-electron chi connectivity index (χ4n) is 6.12. The van der Waals surface area contributed by atoms with Crippen LogP contribution in [0.2, 0.25) is 0 Å². The maximum Gasteiger partial charge on any atom is 0.460 e. The molecule has 324 valence electrons. The van der Waals surface area contributed by atoms with Crippen molar-refractivity contribution in [2.75, 3.05) is 13.2 Å². The maximum absolute atomic E-state index is 7.24. The Morgan fingerprint density at radius 2 is 0.468 bits per heavy atom. The molecule has 6 aromatic rings. The number of para-hydroxylation sites is 6. The van der Waals surface area contributed by atoms with Gasteiger partial charge in [0.1, 0.15) is 34.5 Å². The molecule has 6 aromatic carbocycles. The van der Waals surface area contributed by atoms with Gasteiger partial charge in [0.15, 0.2) is 0 Å². The van der Waals surface area contributed by atoms with Crippen molar-refractivity contribution in [1.29, 1.82) is 0 Å². The third-order valence-corrected chi connectivity index (χ3v) is 20.4. The monoisotopic (exact) mass is 912 g/mol. The highest BCUT2D eigenvalue weighted by atomic mass is 31.3. The molecular formula is C46H52N4O8P4. The van der Waals surface area contributed by atoms with Crippen molar-refractivity contribution in [1.82, 2.24) is 0 Å². The van der Waals surface area contributed by atoms with Crippen LogP contribution in [0.1, 0.15) is 47.2 Å². The second-order valence-electron chi connectivity index (χ2n) is 14.3. The lowest BCUT2D eigenvalue weighted by Gasteiger charge is -2.33. The van der Waals surface area contributed by atoms with Crippen LogP contribution in [0.25, 0.3) is 0 Å². The number of benzene rings is 6. The first-order chi connectivity index (χ1) is 29.9. The van der Waals surface area contributed by atoms with Gasteiger partial charge in [-0.05, 0) is 125 Å². The number of hydrogen-bond donors (Lipinski definition) is 0. The van der Waals surface area contributed by atoms with E-state index in [2.05, 4.69) is 0 Å². The van der Waals surface area contributed by atoms with E-state index in [9.17, 15) is 0 Å². The molecule has 1 aliphatic heterocycles. The van der Waals surface area contributed by atoms with E-state index in [1.165, 1.54) is 0 Å². The largest absolute Gasteiger partial charge is 0.460 e. The Bertz CT molecular complexity index is 2540. The number of rotatable bonds is 16. The molecule has 0 saturated carbocycles. The average molecular weight is 913 g/mol. The zero-order valence-corrected chi connectivity index (χ0v) is 39.7. The third-order valence-electron chi connectivity index (χ3n) is 9.36. The van der Waals surface area contributed by atoms with E-state index in [-0.39, 0.29) is 13.2 Å². The molecule has 0 bridgehead atoms. The van der Waals surface area contributed by atoms with Crippen molar-refractivity contribution in [3.05, 3.63) is 179 Å². The van der Waals surface area contributed by atoms with Gasteiger partial charge >= 0.3 is 30.6 Å². The molecule has 0 amide bonds. The summed E-state index contributed by atoms with van der Waals surface area (Å²) in [5, 5.41) is 0. The number of nitrogens with zero attached hydrogens (tertiary/aromatic N) is 4. The summed E-state index contributed by atoms with van der Waals surface area (Å²) in [5.74, 6) is 2.68. The third kappa shape index (κ3) is 10.6. The summed E-state index contributed by atoms with van der Waals surface area (Å²) in [6, 6.07) is 45.4. The van der Waals surface area contributed by atoms with Crippen LogP contribution in [0.5, 0.6) is 34.5 Å². The van der Waals surface area contributed by atoms with Crippen LogP contribution in [0.3, 0.4) is 0 Å². The Morgan fingerprint density at radius 1 is 0.290 bits per heavy atom. The molecule has 12 nitrogen and oxygen atoms in total. The Kier molecular flexibility index (Phi) is 14.2. The van der Waals surface area contributed by atoms with Crippen LogP contribution < -0.4 is 27.1 Å². The lowest BCUT2D eigenvalue weighted by molar-refractivity contribution is 0.259. The highest BCUT2D eigenvalue weighted by Gasteiger charge is 2.48. The molecule has 0 atom stereocenters. The lowest BCUT2D eigenvalue weighted by Crippen LogP contribution is -2.11. The summed E-state index contributed by atoms with van der Waals surface area (Å²) < 4.78 is 78.6. The predicted octanol–water partition coefficient (Wildman–Crippen LogP) is 16.2. The fraction of sp³-hybridized carbons (Fsp3) is 0.217. The first-order valence-electron chi connectivity index (χ1n) is 20.2. The van der Waals surface area contributed by atoms with Crippen LogP contribution in [-0.2, 0) is 9.05 Å². The van der Waals surface area contributed by atoms with Gasteiger partial charge in [0.25, 0.3) is 0 Å². The SMILES string of the molecule is CCOP1(OCC)=NP(Oc2ccccc2C)(Oc2ccccc2C)=NP(Oc2ccccc2C)(Oc2ccccc2C)=NP(Oc2ccccc2C)(Oc2ccccc2C)=N1. The second kappa shape index (κ2) is 19.6. The van der Waals surface area contributed by atoms with Crippen molar-refractivity contribution in [2.45, 2.75) is 55.4 Å². The van der Waals surface area contributed by atoms with Gasteiger partial charge in [-0.1, -0.05) is 118 Å². The summed E-state index contributed by atoms with van der Waals surface area (Å²) in [6.07, 6.45) is 0. The van der Waals surface area contributed by atoms with Crippen LogP contribution >= 0.6 is 30.6 Å². The second-order valence-corrected chi connectivity index (χ2v) is 22.7. The van der Waals surface area contributed by atoms with Gasteiger partial charge in [-0.15, -0.1) is 9.03 Å².